The van der Waals surface area contributed by atoms with E-state index in [1.807, 2.05) is 0 Å². The summed E-state index contributed by atoms with van der Waals surface area (Å²) in [6.07, 6.45) is 14.7. The molecule has 0 aromatic carbocycles. The van der Waals surface area contributed by atoms with Crippen molar-refractivity contribution in [3.63, 3.8) is 0 Å². The highest BCUT2D eigenvalue weighted by Gasteiger charge is 2.59. The average Bonchev–Trinajstić information content (AvgIpc) is 2.47. The SMILES string of the molecule is CCCCCCCCCCCCC(Br)C(Br)(Br)C(Br)(Br)C(Br)(Br)Br. The van der Waals surface area contributed by atoms with Gasteiger partial charge in [0.2, 0.25) is 0 Å². The van der Waals surface area contributed by atoms with Gasteiger partial charge in [0.25, 0.3) is 0 Å². The van der Waals surface area contributed by atoms with Gasteiger partial charge in [-0.1, -0.05) is 199 Å². The maximum absolute atomic E-state index is 3.83. The molecule has 0 aliphatic rings. The van der Waals surface area contributed by atoms with Crippen LogP contribution < -0.4 is 0 Å². The third-order valence-electron chi connectivity index (χ3n) is 3.98. The van der Waals surface area contributed by atoms with Crippen LogP contribution in [-0.4, -0.2) is 13.4 Å². The molecule has 1 atom stereocenters. The van der Waals surface area contributed by atoms with Gasteiger partial charge in [0.05, 0.1) is 0 Å². The van der Waals surface area contributed by atoms with E-state index < -0.39 is 5.38 Å². The van der Waals surface area contributed by atoms with E-state index in [0.717, 1.165) is 6.42 Å². The van der Waals surface area contributed by atoms with Crippen LogP contribution in [0.15, 0.2) is 0 Å². The van der Waals surface area contributed by atoms with Crippen molar-refractivity contribution < 1.29 is 0 Å². The molecule has 146 valence electrons. The number of hydrogen-bond donors (Lipinski definition) is 0. The lowest BCUT2D eigenvalue weighted by Gasteiger charge is -2.43. The molecule has 1 unspecified atom stereocenters. The third-order valence-corrected chi connectivity index (χ3v) is 18.2. The largest absolute Gasteiger partial charge is 0.162 e. The normalized spacial score (nSPS) is 14.9. The second kappa shape index (κ2) is 14.0. The van der Waals surface area contributed by atoms with Gasteiger partial charge in [0.15, 0.2) is 2.14 Å². The van der Waals surface area contributed by atoms with Gasteiger partial charge >= 0.3 is 0 Å². The van der Waals surface area contributed by atoms with Gasteiger partial charge in [-0.2, -0.15) is 0 Å². The van der Waals surface area contributed by atoms with Crippen LogP contribution in [0, 0.1) is 0 Å². The summed E-state index contributed by atoms with van der Waals surface area (Å²) >= 11 is 29.7. The Kier molecular flexibility index (Phi) is 16.2. The minimum absolute atomic E-state index is 0.254. The van der Waals surface area contributed by atoms with Crippen molar-refractivity contribution in [3.05, 3.63) is 0 Å². The molecule has 0 radical (unpaired) electrons. The van der Waals surface area contributed by atoms with E-state index in [4.69, 9.17) is 0 Å². The molecule has 0 amide bonds. The highest BCUT2D eigenvalue weighted by molar-refractivity contribution is 9.42. The molecule has 8 heteroatoms. The monoisotopic (exact) mass is 850 g/mol. The molecule has 24 heavy (non-hydrogen) atoms. The standard InChI is InChI=1S/C16H26Br8/c1-2-3-4-5-6-7-8-9-10-11-12-13(17)14(18,19)15(20,21)16(22,23)24/h13H,2-12H2,1H3. The van der Waals surface area contributed by atoms with Crippen molar-refractivity contribution in [1.29, 1.82) is 0 Å². The summed E-state index contributed by atoms with van der Waals surface area (Å²) in [4.78, 5) is 0.254. The summed E-state index contributed by atoms with van der Waals surface area (Å²) in [5.41, 5.74) is 0. The highest BCUT2D eigenvalue weighted by Crippen LogP contribution is 2.64. The molecular formula is C16H26Br8. The quantitative estimate of drug-likeness (QED) is 0.128. The Bertz CT molecular complexity index is 325. The highest BCUT2D eigenvalue weighted by atomic mass is 80.0. The predicted octanol–water partition coefficient (Wildman–Crippen LogP) is 10.9. The fourth-order valence-corrected chi connectivity index (χ4v) is 7.80. The number of rotatable bonds is 13. The summed E-state index contributed by atoms with van der Waals surface area (Å²) in [6, 6.07) is 0. The Hall–Kier alpha value is 3.84. The summed E-state index contributed by atoms with van der Waals surface area (Å²) < 4.78 is -1.38. The average molecular weight is 858 g/mol. The predicted molar refractivity (Wildman–Crippen MR) is 140 cm³/mol. The molecule has 0 aliphatic carbocycles. The first-order valence-electron chi connectivity index (χ1n) is 8.45. The van der Waals surface area contributed by atoms with E-state index in [0.29, 0.717) is 0 Å². The lowest BCUT2D eigenvalue weighted by molar-refractivity contribution is 0.542. The summed E-state index contributed by atoms with van der Waals surface area (Å²) in [7, 11) is 0. The smallest absolute Gasteiger partial charge is 0.0865 e. The minimum Gasteiger partial charge on any atom is -0.0865 e. The molecule has 0 fully saturated rings. The van der Waals surface area contributed by atoms with Crippen molar-refractivity contribution in [1.82, 2.24) is 0 Å². The van der Waals surface area contributed by atoms with Crippen LogP contribution >= 0.6 is 127 Å². The Balaban J connectivity index is 3.95. The van der Waals surface area contributed by atoms with Crippen LogP contribution in [0.5, 0.6) is 0 Å². The van der Waals surface area contributed by atoms with Crippen molar-refractivity contribution in [2.45, 2.75) is 91.0 Å². The Morgan fingerprint density at radius 1 is 0.625 bits per heavy atom. The van der Waals surface area contributed by atoms with E-state index in [1.165, 1.54) is 64.2 Å². The zero-order valence-electron chi connectivity index (χ0n) is 13.9. The van der Waals surface area contributed by atoms with E-state index >= 15 is 0 Å². The van der Waals surface area contributed by atoms with Crippen LogP contribution in [-0.2, 0) is 0 Å². The van der Waals surface area contributed by atoms with Crippen molar-refractivity contribution in [3.8, 4) is 0 Å². The molecule has 0 bridgehead atoms. The van der Waals surface area contributed by atoms with Gasteiger partial charge < -0.3 is 0 Å². The first kappa shape index (κ1) is 27.8. The van der Waals surface area contributed by atoms with Gasteiger partial charge in [-0.05, 0) is 6.42 Å². The molecule has 0 aromatic heterocycles. The first-order chi connectivity index (χ1) is 11.0. The molecule has 0 nitrogen and oxygen atoms in total. The van der Waals surface area contributed by atoms with Gasteiger partial charge in [0, 0.05) is 4.83 Å². The molecule has 0 saturated heterocycles. The first-order valence-corrected chi connectivity index (χ1v) is 14.9. The molecule has 0 heterocycles. The zero-order chi connectivity index (χ0) is 18.9. The maximum Gasteiger partial charge on any atom is 0.162 e. The Morgan fingerprint density at radius 3 is 1.38 bits per heavy atom. The van der Waals surface area contributed by atoms with Gasteiger partial charge in [-0.3, -0.25) is 0 Å². The van der Waals surface area contributed by atoms with Crippen molar-refractivity contribution in [2.24, 2.45) is 0 Å². The second-order valence-corrected chi connectivity index (χ2v) is 21.0. The fourth-order valence-electron chi connectivity index (χ4n) is 2.38. The Morgan fingerprint density at radius 2 is 1.00 bits per heavy atom. The van der Waals surface area contributed by atoms with Crippen LogP contribution in [0.2, 0.25) is 0 Å². The molecule has 0 spiro atoms. The van der Waals surface area contributed by atoms with E-state index in [2.05, 4.69) is 134 Å². The molecule has 0 aromatic rings. The number of alkyl halides is 8. The fraction of sp³-hybridized carbons (Fsp3) is 1.00. The number of halogens is 8. The number of hydrogen-bond acceptors (Lipinski definition) is 0. The number of unbranched alkanes of at least 4 members (excludes halogenated alkanes) is 9. The Labute approximate surface area is 215 Å². The van der Waals surface area contributed by atoms with Gasteiger partial charge in [-0.15, -0.1) is 0 Å². The van der Waals surface area contributed by atoms with Gasteiger partial charge in [0.1, 0.15) is 6.47 Å². The topological polar surface area (TPSA) is 0 Å². The van der Waals surface area contributed by atoms with E-state index in [1.54, 1.807) is 0 Å². The lowest BCUT2D eigenvalue weighted by atomic mass is 10.0. The molecule has 0 N–H and O–H groups in total. The molecule has 0 saturated carbocycles. The van der Waals surface area contributed by atoms with Crippen LogP contribution in [0.25, 0.3) is 0 Å². The second-order valence-electron chi connectivity index (χ2n) is 6.13. The van der Waals surface area contributed by atoms with Gasteiger partial charge in [-0.25, -0.2) is 0 Å². The summed E-state index contributed by atoms with van der Waals surface area (Å²) in [5.74, 6) is 0. The summed E-state index contributed by atoms with van der Waals surface area (Å²) in [6.45, 7) is 2.27. The van der Waals surface area contributed by atoms with Crippen molar-refractivity contribution >= 4 is 127 Å². The maximum atomic E-state index is 3.83. The van der Waals surface area contributed by atoms with Crippen LogP contribution in [0.3, 0.4) is 0 Å². The van der Waals surface area contributed by atoms with Crippen molar-refractivity contribution in [2.75, 3.05) is 0 Å². The van der Waals surface area contributed by atoms with E-state index in [-0.39, 0.29) is 8.06 Å². The minimum atomic E-state index is -0.503. The third kappa shape index (κ3) is 10.0. The van der Waals surface area contributed by atoms with Crippen LogP contribution in [0.4, 0.5) is 0 Å². The summed E-state index contributed by atoms with van der Waals surface area (Å²) in [5, 5.41) is 0. The van der Waals surface area contributed by atoms with Crippen LogP contribution in [0.1, 0.15) is 77.6 Å². The molecular weight excluding hydrogens is 831 g/mol. The van der Waals surface area contributed by atoms with E-state index in [9.17, 15) is 0 Å². The molecule has 0 rings (SSSR count). The molecule has 0 aliphatic heterocycles. The lowest BCUT2D eigenvalue weighted by Crippen LogP contribution is -2.49. The zero-order valence-corrected chi connectivity index (χ0v) is 26.6.